The van der Waals surface area contributed by atoms with Gasteiger partial charge in [-0.15, -0.1) is 0 Å². The molecule has 0 fully saturated rings. The van der Waals surface area contributed by atoms with Gasteiger partial charge in [0.25, 0.3) is 0 Å². The Kier molecular flexibility index (Phi) is 7.18. The first-order chi connectivity index (χ1) is 9.84. The van der Waals surface area contributed by atoms with Gasteiger partial charge in [0.1, 0.15) is 0 Å². The van der Waals surface area contributed by atoms with Crippen LogP contribution in [0.25, 0.3) is 6.08 Å². The number of halogens is 2. The number of methoxy groups -OCH3 is 1. The van der Waals surface area contributed by atoms with E-state index in [2.05, 4.69) is 5.32 Å². The molecule has 1 amide bonds. The lowest BCUT2D eigenvalue weighted by atomic mass is 10.0. The number of hydrogen-bond acceptors (Lipinski definition) is 3. The molecule has 4 nitrogen and oxygen atoms in total. The first-order valence-corrected chi connectivity index (χ1v) is 7.22. The molecule has 0 radical (unpaired) electrons. The Morgan fingerprint density at radius 1 is 1.48 bits per heavy atom. The lowest BCUT2D eigenvalue weighted by molar-refractivity contribution is -0.117. The second kappa shape index (κ2) is 8.39. The highest BCUT2D eigenvalue weighted by molar-refractivity contribution is 6.35. The molecule has 21 heavy (non-hydrogen) atoms. The number of ether oxygens (including phenoxy) is 1. The maximum absolute atomic E-state index is 11.7. The Morgan fingerprint density at radius 3 is 2.81 bits per heavy atom. The van der Waals surface area contributed by atoms with E-state index in [0.29, 0.717) is 28.6 Å². The Morgan fingerprint density at radius 2 is 2.19 bits per heavy atom. The van der Waals surface area contributed by atoms with Gasteiger partial charge in [0.15, 0.2) is 0 Å². The molecule has 1 unspecified atom stereocenters. The highest BCUT2D eigenvalue weighted by Gasteiger charge is 2.20. The number of aliphatic hydroxyl groups is 1. The fraction of sp³-hybridized carbons (Fsp3) is 0.400. The van der Waals surface area contributed by atoms with E-state index in [1.807, 2.05) is 0 Å². The summed E-state index contributed by atoms with van der Waals surface area (Å²) < 4.78 is 4.90. The number of rotatable bonds is 7. The second-order valence-corrected chi connectivity index (χ2v) is 5.80. The molecule has 1 atom stereocenters. The van der Waals surface area contributed by atoms with Crippen molar-refractivity contribution < 1.29 is 14.6 Å². The summed E-state index contributed by atoms with van der Waals surface area (Å²) in [6, 6.07) is 5.03. The number of hydrogen-bond donors (Lipinski definition) is 2. The quantitative estimate of drug-likeness (QED) is 0.755. The number of carbonyl (C=O) groups is 1. The average Bonchev–Trinajstić information content (AvgIpc) is 2.42. The summed E-state index contributed by atoms with van der Waals surface area (Å²) in [7, 11) is 1.56. The molecule has 6 heteroatoms. The normalized spacial score (nSPS) is 14.1. The number of amides is 1. The summed E-state index contributed by atoms with van der Waals surface area (Å²) in [5.41, 5.74) is -0.306. The molecule has 2 N–H and O–H groups in total. The van der Waals surface area contributed by atoms with E-state index < -0.39 is 5.60 Å². The third-order valence-electron chi connectivity index (χ3n) is 2.86. The summed E-state index contributed by atoms with van der Waals surface area (Å²) >= 11 is 11.8. The van der Waals surface area contributed by atoms with Crippen molar-refractivity contribution in [2.75, 3.05) is 20.3 Å². The van der Waals surface area contributed by atoms with Crippen LogP contribution >= 0.6 is 23.2 Å². The first-order valence-electron chi connectivity index (χ1n) is 6.46. The van der Waals surface area contributed by atoms with Crippen LogP contribution in [0.5, 0.6) is 0 Å². The Labute approximate surface area is 134 Å². The highest BCUT2D eigenvalue weighted by Crippen LogP contribution is 2.21. The summed E-state index contributed by atoms with van der Waals surface area (Å²) in [4.78, 5) is 11.7. The summed E-state index contributed by atoms with van der Waals surface area (Å²) in [5.74, 6) is -0.307. The summed E-state index contributed by atoms with van der Waals surface area (Å²) in [6.07, 6.45) is 3.40. The lowest BCUT2D eigenvalue weighted by Gasteiger charge is -2.22. The molecule has 0 aromatic heterocycles. The van der Waals surface area contributed by atoms with Gasteiger partial charge in [-0.2, -0.15) is 0 Å². The van der Waals surface area contributed by atoms with Crippen LogP contribution in [0.2, 0.25) is 10.0 Å². The van der Waals surface area contributed by atoms with Crippen LogP contribution in [0.15, 0.2) is 24.3 Å². The van der Waals surface area contributed by atoms with Gasteiger partial charge in [0, 0.05) is 42.8 Å². The third kappa shape index (κ3) is 6.96. The van der Waals surface area contributed by atoms with Crippen molar-refractivity contribution in [2.45, 2.75) is 18.9 Å². The fourth-order valence-electron chi connectivity index (χ4n) is 1.55. The monoisotopic (exact) mass is 331 g/mol. The van der Waals surface area contributed by atoms with E-state index >= 15 is 0 Å². The lowest BCUT2D eigenvalue weighted by Crippen LogP contribution is -2.40. The summed E-state index contributed by atoms with van der Waals surface area (Å²) in [5, 5.41) is 13.6. The molecule has 0 bridgehead atoms. The first kappa shape index (κ1) is 18.0. The molecule has 0 aliphatic carbocycles. The number of nitrogens with one attached hydrogen (secondary N) is 1. The Bertz CT molecular complexity index is 516. The molecule has 0 saturated heterocycles. The van der Waals surface area contributed by atoms with Gasteiger partial charge < -0.3 is 15.2 Å². The van der Waals surface area contributed by atoms with Gasteiger partial charge in [0.05, 0.1) is 5.60 Å². The molecule has 116 valence electrons. The van der Waals surface area contributed by atoms with Crippen molar-refractivity contribution in [2.24, 2.45) is 0 Å². The van der Waals surface area contributed by atoms with E-state index in [9.17, 15) is 9.90 Å². The largest absolute Gasteiger partial charge is 0.388 e. The average molecular weight is 332 g/mol. The van der Waals surface area contributed by atoms with Gasteiger partial charge in [-0.3, -0.25) is 4.79 Å². The molecule has 0 aliphatic heterocycles. The molecule has 0 spiro atoms. The maximum atomic E-state index is 11.7. The van der Waals surface area contributed by atoms with Crippen molar-refractivity contribution in [3.8, 4) is 0 Å². The molecule has 0 aliphatic rings. The van der Waals surface area contributed by atoms with Crippen LogP contribution in [-0.2, 0) is 9.53 Å². The van der Waals surface area contributed by atoms with Crippen molar-refractivity contribution in [3.63, 3.8) is 0 Å². The molecule has 1 aromatic rings. The van der Waals surface area contributed by atoms with Crippen LogP contribution in [0.1, 0.15) is 18.9 Å². The second-order valence-electron chi connectivity index (χ2n) is 4.96. The topological polar surface area (TPSA) is 58.6 Å². The predicted octanol–water partition coefficient (Wildman–Crippen LogP) is 2.91. The molecular weight excluding hydrogens is 313 g/mol. The van der Waals surface area contributed by atoms with E-state index in [-0.39, 0.29) is 12.5 Å². The van der Waals surface area contributed by atoms with Crippen LogP contribution in [0, 0.1) is 0 Å². The van der Waals surface area contributed by atoms with Crippen molar-refractivity contribution in [1.82, 2.24) is 5.32 Å². The number of carbonyl (C=O) groups excluding carboxylic acids is 1. The maximum Gasteiger partial charge on any atom is 0.244 e. The fourth-order valence-corrected chi connectivity index (χ4v) is 2.02. The van der Waals surface area contributed by atoms with Crippen LogP contribution in [-0.4, -0.2) is 36.9 Å². The number of benzene rings is 1. The third-order valence-corrected chi connectivity index (χ3v) is 3.43. The molecule has 1 rings (SSSR count). The minimum atomic E-state index is -1.00. The minimum Gasteiger partial charge on any atom is -0.388 e. The standard InChI is InChI=1S/C15H19Cl2NO3/c1-15(20,7-8-21-2)10-18-14(19)6-4-11-3-5-12(16)9-13(11)17/h3-6,9,20H,7-8,10H2,1-2H3,(H,18,19)/b6-4+. The highest BCUT2D eigenvalue weighted by atomic mass is 35.5. The zero-order valence-electron chi connectivity index (χ0n) is 12.0. The SMILES string of the molecule is COCCC(C)(O)CNC(=O)/C=C/c1ccc(Cl)cc1Cl. The van der Waals surface area contributed by atoms with Crippen molar-refractivity contribution >= 4 is 35.2 Å². The van der Waals surface area contributed by atoms with Crippen LogP contribution in [0.3, 0.4) is 0 Å². The smallest absolute Gasteiger partial charge is 0.244 e. The molecular formula is C15H19Cl2NO3. The molecule has 1 aromatic carbocycles. The summed E-state index contributed by atoms with van der Waals surface area (Å²) in [6.45, 7) is 2.22. The zero-order chi connectivity index (χ0) is 15.9. The van der Waals surface area contributed by atoms with Gasteiger partial charge in [-0.25, -0.2) is 0 Å². The van der Waals surface area contributed by atoms with E-state index in [4.69, 9.17) is 27.9 Å². The van der Waals surface area contributed by atoms with Gasteiger partial charge >= 0.3 is 0 Å². The molecule has 0 saturated carbocycles. The van der Waals surface area contributed by atoms with Crippen molar-refractivity contribution in [1.29, 1.82) is 0 Å². The van der Waals surface area contributed by atoms with Gasteiger partial charge in [-0.05, 0) is 30.7 Å². The predicted molar refractivity (Wildman–Crippen MR) is 85.6 cm³/mol. The van der Waals surface area contributed by atoms with Gasteiger partial charge in [-0.1, -0.05) is 29.3 Å². The minimum absolute atomic E-state index is 0.147. The Balaban J connectivity index is 2.51. The van der Waals surface area contributed by atoms with Crippen LogP contribution in [0.4, 0.5) is 0 Å². The Hall–Kier alpha value is -1.07. The van der Waals surface area contributed by atoms with Crippen LogP contribution < -0.4 is 5.32 Å². The van der Waals surface area contributed by atoms with Crippen molar-refractivity contribution in [3.05, 3.63) is 39.9 Å². The van der Waals surface area contributed by atoms with E-state index in [1.165, 1.54) is 6.08 Å². The van der Waals surface area contributed by atoms with E-state index in [1.54, 1.807) is 38.3 Å². The zero-order valence-corrected chi connectivity index (χ0v) is 13.5. The molecule has 0 heterocycles. The van der Waals surface area contributed by atoms with E-state index in [0.717, 1.165) is 0 Å². The van der Waals surface area contributed by atoms with Gasteiger partial charge in [0.2, 0.25) is 5.91 Å².